The second-order valence-corrected chi connectivity index (χ2v) is 6.13. The molecule has 1 aliphatic carbocycles. The predicted molar refractivity (Wildman–Crippen MR) is 84.1 cm³/mol. The maximum atomic E-state index is 6.42. The highest BCUT2D eigenvalue weighted by atomic mass is 35.5. The Kier molecular flexibility index (Phi) is 5.12. The Hall–Kier alpha value is -0.730. The molecule has 0 aliphatic heterocycles. The van der Waals surface area contributed by atoms with Gasteiger partial charge >= 0.3 is 0 Å². The largest absolute Gasteiger partial charge is 0.369 e. The molecule has 1 N–H and O–H groups in total. The third-order valence-electron chi connectivity index (χ3n) is 3.61. The maximum absolute atomic E-state index is 6.42. The van der Waals surface area contributed by atoms with Gasteiger partial charge in [-0.05, 0) is 50.8 Å². The van der Waals surface area contributed by atoms with Crippen LogP contribution in [0.4, 0.5) is 5.69 Å². The molecule has 0 aromatic heterocycles. The second kappa shape index (κ2) is 6.62. The lowest BCUT2D eigenvalue weighted by Gasteiger charge is -2.29. The molecule has 1 saturated carbocycles. The molecule has 0 atom stereocenters. The predicted octanol–water partition coefficient (Wildman–Crippen LogP) is 4.22. The Balaban J connectivity index is 2.06. The lowest BCUT2D eigenvalue weighted by molar-refractivity contribution is 0.669. The highest BCUT2D eigenvalue weighted by molar-refractivity contribution is 6.31. The molecule has 0 radical (unpaired) electrons. The summed E-state index contributed by atoms with van der Waals surface area (Å²) >= 11 is 6.42. The number of benzene rings is 1. The molecule has 1 aromatic carbocycles. The zero-order valence-corrected chi connectivity index (χ0v) is 13.0. The smallest absolute Gasteiger partial charge is 0.0471 e. The Morgan fingerprint density at radius 2 is 2.11 bits per heavy atom. The van der Waals surface area contributed by atoms with Gasteiger partial charge in [-0.25, -0.2) is 0 Å². The molecule has 2 nitrogen and oxygen atoms in total. The minimum Gasteiger partial charge on any atom is -0.369 e. The Morgan fingerprint density at radius 3 is 2.63 bits per heavy atom. The van der Waals surface area contributed by atoms with Gasteiger partial charge in [0, 0.05) is 35.9 Å². The fraction of sp³-hybridized carbons (Fsp3) is 0.625. The quantitative estimate of drug-likeness (QED) is 0.805. The molecule has 106 valence electrons. The van der Waals surface area contributed by atoms with Crippen LogP contribution in [0.3, 0.4) is 0 Å². The monoisotopic (exact) mass is 280 g/mol. The van der Waals surface area contributed by atoms with Crippen molar-refractivity contribution in [3.05, 3.63) is 28.8 Å². The van der Waals surface area contributed by atoms with Gasteiger partial charge in [-0.3, -0.25) is 0 Å². The van der Waals surface area contributed by atoms with Crippen molar-refractivity contribution in [2.75, 3.05) is 11.4 Å². The molecule has 1 aliphatic rings. The highest BCUT2D eigenvalue weighted by Gasteiger charge is 2.20. The van der Waals surface area contributed by atoms with Gasteiger partial charge in [0.15, 0.2) is 0 Å². The lowest BCUT2D eigenvalue weighted by Crippen LogP contribution is -2.31. The minimum atomic E-state index is 0.506. The number of hydrogen-bond donors (Lipinski definition) is 1. The van der Waals surface area contributed by atoms with Gasteiger partial charge in [-0.2, -0.15) is 0 Å². The van der Waals surface area contributed by atoms with Crippen molar-refractivity contribution in [3.63, 3.8) is 0 Å². The molecule has 0 saturated heterocycles. The van der Waals surface area contributed by atoms with E-state index in [0.717, 1.165) is 30.6 Å². The van der Waals surface area contributed by atoms with E-state index in [1.165, 1.54) is 24.1 Å². The summed E-state index contributed by atoms with van der Waals surface area (Å²) < 4.78 is 0. The van der Waals surface area contributed by atoms with E-state index >= 15 is 0 Å². The first kappa shape index (κ1) is 14.7. The zero-order chi connectivity index (χ0) is 13.8. The SMILES string of the molecule is CCCN(c1ccc(CNC2CC2)c(Cl)c1)C(C)C. The minimum absolute atomic E-state index is 0.506. The Morgan fingerprint density at radius 1 is 1.37 bits per heavy atom. The summed E-state index contributed by atoms with van der Waals surface area (Å²) in [6.45, 7) is 8.63. The molecule has 1 fully saturated rings. The topological polar surface area (TPSA) is 15.3 Å². The molecule has 0 bridgehead atoms. The van der Waals surface area contributed by atoms with Gasteiger partial charge in [0.05, 0.1) is 0 Å². The Bertz CT molecular complexity index is 413. The first-order chi connectivity index (χ1) is 9.11. The van der Waals surface area contributed by atoms with E-state index in [1.807, 2.05) is 0 Å². The van der Waals surface area contributed by atoms with Crippen molar-refractivity contribution in [2.24, 2.45) is 0 Å². The van der Waals surface area contributed by atoms with E-state index in [2.05, 4.69) is 49.2 Å². The van der Waals surface area contributed by atoms with Crippen LogP contribution in [0.2, 0.25) is 5.02 Å². The summed E-state index contributed by atoms with van der Waals surface area (Å²) in [6.07, 6.45) is 3.78. The van der Waals surface area contributed by atoms with Crippen LogP contribution in [0.15, 0.2) is 18.2 Å². The second-order valence-electron chi connectivity index (χ2n) is 5.72. The van der Waals surface area contributed by atoms with E-state index < -0.39 is 0 Å². The van der Waals surface area contributed by atoms with Crippen LogP contribution in [0, 0.1) is 0 Å². The molecule has 19 heavy (non-hydrogen) atoms. The summed E-state index contributed by atoms with van der Waals surface area (Å²) in [5.74, 6) is 0. The van der Waals surface area contributed by atoms with Crippen molar-refractivity contribution >= 4 is 17.3 Å². The molecule has 0 heterocycles. The third kappa shape index (κ3) is 4.12. The first-order valence-electron chi connectivity index (χ1n) is 7.40. The number of nitrogens with zero attached hydrogens (tertiary/aromatic N) is 1. The number of halogens is 1. The molecule has 0 spiro atoms. The average molecular weight is 281 g/mol. The maximum Gasteiger partial charge on any atom is 0.0471 e. The molecule has 0 amide bonds. The standard InChI is InChI=1S/C16H25ClN2/c1-4-9-19(12(2)3)15-8-5-13(16(17)10-15)11-18-14-6-7-14/h5,8,10,12,14,18H,4,6-7,9,11H2,1-3H3. The van der Waals surface area contributed by atoms with Crippen LogP contribution in [-0.4, -0.2) is 18.6 Å². The van der Waals surface area contributed by atoms with E-state index in [0.29, 0.717) is 6.04 Å². The summed E-state index contributed by atoms with van der Waals surface area (Å²) in [4.78, 5) is 2.41. The van der Waals surface area contributed by atoms with Crippen LogP contribution >= 0.6 is 11.6 Å². The Labute approximate surface area is 122 Å². The van der Waals surface area contributed by atoms with E-state index in [4.69, 9.17) is 11.6 Å². The molecular weight excluding hydrogens is 256 g/mol. The zero-order valence-electron chi connectivity index (χ0n) is 12.2. The number of nitrogens with one attached hydrogen (secondary N) is 1. The summed E-state index contributed by atoms with van der Waals surface area (Å²) in [5, 5.41) is 4.39. The number of anilines is 1. The van der Waals surface area contributed by atoms with Crippen LogP contribution in [-0.2, 0) is 6.54 Å². The first-order valence-corrected chi connectivity index (χ1v) is 7.78. The fourth-order valence-electron chi connectivity index (χ4n) is 2.33. The molecule has 2 rings (SSSR count). The van der Waals surface area contributed by atoms with Gasteiger partial charge in [-0.1, -0.05) is 24.6 Å². The average Bonchev–Trinajstić information content (AvgIpc) is 3.18. The summed E-state index contributed by atoms with van der Waals surface area (Å²) in [5.41, 5.74) is 2.44. The van der Waals surface area contributed by atoms with Crippen LogP contribution in [0.1, 0.15) is 45.6 Å². The normalized spacial score (nSPS) is 15.0. The van der Waals surface area contributed by atoms with Gasteiger partial charge in [0.25, 0.3) is 0 Å². The van der Waals surface area contributed by atoms with Crippen molar-refractivity contribution < 1.29 is 0 Å². The molecular formula is C16H25ClN2. The van der Waals surface area contributed by atoms with Crippen molar-refractivity contribution in [1.29, 1.82) is 0 Å². The lowest BCUT2D eigenvalue weighted by atomic mass is 10.1. The number of hydrogen-bond acceptors (Lipinski definition) is 2. The molecule has 1 aromatic rings. The van der Waals surface area contributed by atoms with Gasteiger partial charge in [0.1, 0.15) is 0 Å². The highest BCUT2D eigenvalue weighted by Crippen LogP contribution is 2.26. The van der Waals surface area contributed by atoms with Crippen LogP contribution in [0.5, 0.6) is 0 Å². The van der Waals surface area contributed by atoms with Gasteiger partial charge in [-0.15, -0.1) is 0 Å². The molecule has 3 heteroatoms. The van der Waals surface area contributed by atoms with Crippen LogP contribution < -0.4 is 10.2 Å². The van der Waals surface area contributed by atoms with Gasteiger partial charge in [0.2, 0.25) is 0 Å². The third-order valence-corrected chi connectivity index (χ3v) is 3.97. The van der Waals surface area contributed by atoms with Crippen LogP contribution in [0.25, 0.3) is 0 Å². The van der Waals surface area contributed by atoms with E-state index in [1.54, 1.807) is 0 Å². The van der Waals surface area contributed by atoms with E-state index in [9.17, 15) is 0 Å². The summed E-state index contributed by atoms with van der Waals surface area (Å²) in [7, 11) is 0. The van der Waals surface area contributed by atoms with Crippen molar-refractivity contribution in [3.8, 4) is 0 Å². The van der Waals surface area contributed by atoms with Crippen molar-refractivity contribution in [2.45, 2.75) is 58.7 Å². The van der Waals surface area contributed by atoms with Crippen molar-refractivity contribution in [1.82, 2.24) is 5.32 Å². The molecule has 0 unspecified atom stereocenters. The summed E-state index contributed by atoms with van der Waals surface area (Å²) in [6, 6.07) is 7.71. The van der Waals surface area contributed by atoms with Gasteiger partial charge < -0.3 is 10.2 Å². The van der Waals surface area contributed by atoms with E-state index in [-0.39, 0.29) is 0 Å². The fourth-order valence-corrected chi connectivity index (χ4v) is 2.57. The number of rotatable bonds is 7.